The molecule has 63 heavy (non-hydrogen) atoms. The number of halogens is 2. The van der Waals surface area contributed by atoms with Crippen molar-refractivity contribution in [3.63, 3.8) is 0 Å². The molecular formula is C43H78Cl2N8O8Si2. The number of aromatic nitrogens is 4. The fourth-order valence-electron chi connectivity index (χ4n) is 7.52. The lowest BCUT2D eigenvalue weighted by Crippen LogP contribution is -3.00. The second-order valence-electron chi connectivity index (χ2n) is 15.0. The summed E-state index contributed by atoms with van der Waals surface area (Å²) in [6, 6.07) is 3.30. The highest BCUT2D eigenvalue weighted by molar-refractivity contribution is 6.61. The van der Waals surface area contributed by atoms with Crippen LogP contribution in [0.4, 0.5) is 9.59 Å². The van der Waals surface area contributed by atoms with E-state index in [1.54, 1.807) is 0 Å². The molecule has 0 fully saturated rings. The number of carbonyl (C=O) groups is 2. The number of benzene rings is 1. The van der Waals surface area contributed by atoms with Gasteiger partial charge in [-0.2, -0.15) is 0 Å². The minimum atomic E-state index is -2.70. The maximum atomic E-state index is 12.4. The lowest BCUT2D eigenvalue weighted by atomic mass is 9.93. The third-order valence-electron chi connectivity index (χ3n) is 10.3. The van der Waals surface area contributed by atoms with Crippen molar-refractivity contribution >= 4 is 29.7 Å². The molecule has 20 heteroatoms. The molecule has 4 N–H and O–H groups in total. The van der Waals surface area contributed by atoms with Crippen molar-refractivity contribution in [1.82, 2.24) is 30.4 Å². The number of hydrogen-bond acceptors (Lipinski definition) is 8. The summed E-state index contributed by atoms with van der Waals surface area (Å²) in [6.07, 6.45) is 15.8. The Morgan fingerprint density at radius 1 is 0.540 bits per heavy atom. The van der Waals surface area contributed by atoms with Gasteiger partial charge in [-0.3, -0.25) is 0 Å². The Morgan fingerprint density at radius 2 is 0.857 bits per heavy atom. The average Bonchev–Trinajstić information content (AvgIpc) is 3.88. The third-order valence-corrected chi connectivity index (χ3v) is 16.6. The number of amides is 4. The zero-order chi connectivity index (χ0) is 44.5. The molecule has 4 amide bonds. The van der Waals surface area contributed by atoms with E-state index in [-0.39, 0.29) is 36.9 Å². The van der Waals surface area contributed by atoms with Crippen LogP contribution in [-0.4, -0.2) is 105 Å². The van der Waals surface area contributed by atoms with E-state index in [0.29, 0.717) is 77.9 Å². The fourth-order valence-corrected chi connectivity index (χ4v) is 12.7. The van der Waals surface area contributed by atoms with Crippen LogP contribution in [-0.2, 0) is 52.7 Å². The van der Waals surface area contributed by atoms with Crippen molar-refractivity contribution < 1.29 is 70.1 Å². The minimum Gasteiger partial charge on any atom is -1.00 e. The molecule has 0 unspecified atom stereocenters. The largest absolute Gasteiger partial charge is 1.00 e. The van der Waals surface area contributed by atoms with Crippen LogP contribution in [0.3, 0.4) is 0 Å². The van der Waals surface area contributed by atoms with E-state index in [4.69, 9.17) is 26.6 Å². The van der Waals surface area contributed by atoms with Crippen LogP contribution in [0.5, 0.6) is 0 Å². The maximum absolute atomic E-state index is 12.4. The number of hydrogen-bond donors (Lipinski definition) is 4. The van der Waals surface area contributed by atoms with Crippen molar-refractivity contribution in [2.24, 2.45) is 0 Å². The second-order valence-corrected chi connectivity index (χ2v) is 20.4. The van der Waals surface area contributed by atoms with E-state index >= 15 is 0 Å². The summed E-state index contributed by atoms with van der Waals surface area (Å²) in [5.74, 6) is 0. The number of rotatable bonds is 32. The van der Waals surface area contributed by atoms with E-state index in [0.717, 1.165) is 51.9 Å². The lowest BCUT2D eigenvalue weighted by molar-refractivity contribution is -0.689. The average molecular weight is 962 g/mol. The summed E-state index contributed by atoms with van der Waals surface area (Å²) in [5, 5.41) is 11.8. The van der Waals surface area contributed by atoms with E-state index in [1.165, 1.54) is 27.8 Å². The Hall–Kier alpha value is -3.05. The van der Waals surface area contributed by atoms with Gasteiger partial charge >= 0.3 is 29.7 Å². The zero-order valence-corrected chi connectivity index (χ0v) is 43.0. The Morgan fingerprint density at radius 3 is 1.17 bits per heavy atom. The van der Waals surface area contributed by atoms with Gasteiger partial charge in [0.15, 0.2) is 0 Å². The molecule has 3 rings (SSSR count). The molecule has 0 spiro atoms. The monoisotopic (exact) mass is 960 g/mol. The van der Waals surface area contributed by atoms with Crippen LogP contribution in [0, 0.1) is 20.8 Å². The predicted molar refractivity (Wildman–Crippen MR) is 240 cm³/mol. The molecule has 16 nitrogen and oxygen atoms in total. The highest BCUT2D eigenvalue weighted by Gasteiger charge is 2.40. The van der Waals surface area contributed by atoms with Crippen LogP contribution in [0.2, 0.25) is 12.1 Å². The maximum Gasteiger partial charge on any atom is 0.500 e. The molecule has 0 saturated heterocycles. The van der Waals surface area contributed by atoms with Crippen molar-refractivity contribution in [3.8, 4) is 0 Å². The van der Waals surface area contributed by atoms with Gasteiger partial charge in [0.2, 0.25) is 12.7 Å². The molecule has 1 aromatic carbocycles. The molecule has 0 aliphatic rings. The van der Waals surface area contributed by atoms with Crippen LogP contribution in [0.25, 0.3) is 0 Å². The molecule has 360 valence electrons. The first-order valence-corrected chi connectivity index (χ1v) is 26.4. The van der Waals surface area contributed by atoms with Crippen molar-refractivity contribution in [2.75, 3.05) is 65.8 Å². The summed E-state index contributed by atoms with van der Waals surface area (Å²) in [7, 11) is -5.40. The van der Waals surface area contributed by atoms with E-state index < -0.39 is 17.6 Å². The smallest absolute Gasteiger partial charge is 0.500 e. The molecule has 0 bridgehead atoms. The quantitative estimate of drug-likeness (QED) is 0.0359. The number of imidazole rings is 2. The normalized spacial score (nSPS) is 11.5. The van der Waals surface area contributed by atoms with Crippen LogP contribution in [0.15, 0.2) is 43.5 Å². The number of nitrogens with one attached hydrogen (secondary N) is 4. The van der Waals surface area contributed by atoms with Gasteiger partial charge < -0.3 is 72.6 Å². The molecule has 0 aliphatic carbocycles. The fraction of sp³-hybridized carbons (Fsp3) is 0.674. The van der Waals surface area contributed by atoms with Gasteiger partial charge in [0, 0.05) is 90.8 Å². The standard InChI is InChI=1S/C43H76N8O8Si2.2ClH/c1-10-54-60(55-11-2,56-12-3)30-18-22-46-42(52)44-20-16-24-48-26-28-50(35-48)33-40-37(7)32-38(8)41(39(40)9)34-51-29-27-49(36-51)25-17-21-45-43(53)47-23-19-31-61(57-13-4,58-14-5)59-15-6;;/h26-29,32,35-36H,10-25,30-31,33-34H2,1-9H3,(H2-2,44,45,46,47,52,53);2*1H. The predicted octanol–water partition coefficient (Wildman–Crippen LogP) is -0.850. The summed E-state index contributed by atoms with van der Waals surface area (Å²) in [4.78, 5) is 24.8. The summed E-state index contributed by atoms with van der Waals surface area (Å²) >= 11 is 0. The van der Waals surface area contributed by atoms with Crippen molar-refractivity contribution in [3.05, 3.63) is 71.3 Å². The topological polar surface area (TPSA) is 155 Å². The number of aryl methyl sites for hydroxylation is 4. The first kappa shape index (κ1) is 58.0. The number of nitrogens with zero attached hydrogens (tertiary/aromatic N) is 4. The zero-order valence-electron chi connectivity index (χ0n) is 39.5. The molecule has 0 radical (unpaired) electrons. The lowest BCUT2D eigenvalue weighted by Gasteiger charge is -2.28. The van der Waals surface area contributed by atoms with Gasteiger partial charge in [0.1, 0.15) is 37.9 Å². The van der Waals surface area contributed by atoms with Gasteiger partial charge in [0.25, 0.3) is 0 Å². The van der Waals surface area contributed by atoms with Gasteiger partial charge in [-0.05, 0) is 103 Å². The summed E-state index contributed by atoms with van der Waals surface area (Å²) in [5.41, 5.74) is 6.54. The van der Waals surface area contributed by atoms with Crippen LogP contribution < -0.4 is 55.2 Å². The number of urea groups is 2. The Labute approximate surface area is 392 Å². The highest BCUT2D eigenvalue weighted by Crippen LogP contribution is 2.23. The molecular weight excluding hydrogens is 884 g/mol. The summed E-state index contributed by atoms with van der Waals surface area (Å²) < 4.78 is 44.2. The van der Waals surface area contributed by atoms with Gasteiger partial charge in [-0.25, -0.2) is 27.9 Å². The third kappa shape index (κ3) is 20.3. The second kappa shape index (κ2) is 31.8. The molecule has 0 saturated carbocycles. The summed E-state index contributed by atoms with van der Waals surface area (Å²) in [6.45, 7) is 26.9. The van der Waals surface area contributed by atoms with Gasteiger partial charge in [-0.1, -0.05) is 6.07 Å². The Kier molecular flexibility index (Phi) is 29.2. The van der Waals surface area contributed by atoms with E-state index in [2.05, 4.69) is 104 Å². The molecule has 0 atom stereocenters. The molecule has 2 heterocycles. The molecule has 0 aliphatic heterocycles. The van der Waals surface area contributed by atoms with Crippen molar-refractivity contribution in [2.45, 2.75) is 126 Å². The number of carbonyl (C=O) groups excluding carboxylic acids is 2. The first-order valence-electron chi connectivity index (χ1n) is 22.5. The van der Waals surface area contributed by atoms with Crippen molar-refractivity contribution in [1.29, 1.82) is 0 Å². The Balaban J connectivity index is 0.00000992. The van der Waals surface area contributed by atoms with Crippen LogP contribution in [0.1, 0.15) is 95.0 Å². The first-order chi connectivity index (χ1) is 29.5. The SMILES string of the molecule is CCO[Si](CCCNC(=O)NCCCn1cc[n+](Cc2c(C)cc(C)c(C[n+]3ccn(CCCNC(=O)NCCC[Si](OCC)(OCC)OCC)c3)c2C)c1)(OCC)OCC.[Cl-].[Cl-]. The van der Waals surface area contributed by atoms with E-state index in [9.17, 15) is 9.59 Å². The molecule has 2 aromatic heterocycles. The minimum absolute atomic E-state index is 0. The van der Waals surface area contributed by atoms with Gasteiger partial charge in [-0.15, -0.1) is 0 Å². The van der Waals surface area contributed by atoms with Crippen LogP contribution >= 0.6 is 0 Å². The van der Waals surface area contributed by atoms with E-state index in [1.807, 2.05) is 41.5 Å². The highest BCUT2D eigenvalue weighted by atomic mass is 35.5. The molecule has 3 aromatic rings. The van der Waals surface area contributed by atoms with Gasteiger partial charge in [0.05, 0.1) is 13.1 Å². The Bertz CT molecular complexity index is 1590.